The topological polar surface area (TPSA) is 138 Å². The number of phenolic OH excluding ortho intramolecular Hbond substituents is 1. The Balaban J connectivity index is 1.52. The average Bonchev–Trinajstić information content (AvgIpc) is 3.25. The van der Waals surface area contributed by atoms with Crippen LogP contribution in [0.4, 0.5) is 10.5 Å². The number of urea groups is 1. The minimum atomic E-state index is -1.16. The summed E-state index contributed by atoms with van der Waals surface area (Å²) >= 11 is 0. The molecular weight excluding hydrogens is 474 g/mol. The third kappa shape index (κ3) is 3.00. The lowest BCUT2D eigenvalue weighted by Gasteiger charge is -2.49. The quantitative estimate of drug-likeness (QED) is 0.481. The Labute approximate surface area is 212 Å². The standard InChI is InChI=1S/C28H25N3O6/c1-28-20(24(34)30(26(28)36)15-5-3-2-4-6-15)13-19-17(22(28)14-7-9-16(32)10-8-14)11-12-18-21(19)25(35)31(23(18)33)27(29)37/h2-11,18-22,32H,12-13H2,1H3,(H2,29,37). The zero-order valence-corrected chi connectivity index (χ0v) is 20.0. The van der Waals surface area contributed by atoms with E-state index in [0.717, 1.165) is 11.1 Å². The predicted molar refractivity (Wildman–Crippen MR) is 131 cm³/mol. The van der Waals surface area contributed by atoms with Gasteiger partial charge in [0.15, 0.2) is 0 Å². The molecule has 6 rings (SSSR count). The summed E-state index contributed by atoms with van der Waals surface area (Å²) in [7, 11) is 0. The van der Waals surface area contributed by atoms with Gasteiger partial charge < -0.3 is 10.8 Å². The fraction of sp³-hybridized carbons (Fsp3) is 0.321. The van der Waals surface area contributed by atoms with Crippen LogP contribution in [0, 0.1) is 29.1 Å². The third-order valence-electron chi connectivity index (χ3n) is 8.74. The molecule has 37 heavy (non-hydrogen) atoms. The summed E-state index contributed by atoms with van der Waals surface area (Å²) in [4.78, 5) is 67.9. The van der Waals surface area contributed by atoms with Crippen molar-refractivity contribution in [3.05, 3.63) is 71.8 Å². The van der Waals surface area contributed by atoms with Gasteiger partial charge in [-0.3, -0.25) is 19.2 Å². The number of para-hydroxylation sites is 1. The molecule has 4 aliphatic rings. The number of anilines is 1. The number of carbonyl (C=O) groups is 5. The highest BCUT2D eigenvalue weighted by atomic mass is 16.3. The van der Waals surface area contributed by atoms with Gasteiger partial charge in [0.2, 0.25) is 23.6 Å². The van der Waals surface area contributed by atoms with Crippen LogP contribution >= 0.6 is 0 Å². The number of carbonyl (C=O) groups excluding carboxylic acids is 5. The second kappa shape index (κ2) is 7.86. The second-order valence-corrected chi connectivity index (χ2v) is 10.4. The van der Waals surface area contributed by atoms with E-state index in [0.29, 0.717) is 10.6 Å². The van der Waals surface area contributed by atoms with Crippen molar-refractivity contribution in [1.82, 2.24) is 4.90 Å². The van der Waals surface area contributed by atoms with Gasteiger partial charge in [0.1, 0.15) is 5.75 Å². The van der Waals surface area contributed by atoms with Crippen LogP contribution in [0.2, 0.25) is 0 Å². The summed E-state index contributed by atoms with van der Waals surface area (Å²) in [6.07, 6.45) is 2.31. The zero-order chi connectivity index (χ0) is 26.2. The molecule has 0 radical (unpaired) electrons. The number of aromatic hydroxyl groups is 1. The number of nitrogens with two attached hydrogens (primary N) is 1. The van der Waals surface area contributed by atoms with Crippen molar-refractivity contribution >= 4 is 35.3 Å². The van der Waals surface area contributed by atoms with Crippen LogP contribution in [0.25, 0.3) is 0 Å². The van der Waals surface area contributed by atoms with Crippen molar-refractivity contribution in [2.24, 2.45) is 34.8 Å². The molecule has 2 saturated heterocycles. The molecule has 6 atom stereocenters. The number of phenols is 1. The van der Waals surface area contributed by atoms with E-state index in [1.165, 1.54) is 17.0 Å². The lowest BCUT2D eigenvalue weighted by atomic mass is 9.51. The van der Waals surface area contributed by atoms with Gasteiger partial charge in [-0.15, -0.1) is 0 Å². The number of allylic oxidation sites excluding steroid dienone is 2. The fourth-order valence-corrected chi connectivity index (χ4v) is 7.10. The van der Waals surface area contributed by atoms with Crippen molar-refractivity contribution in [2.75, 3.05) is 4.90 Å². The lowest BCUT2D eigenvalue weighted by molar-refractivity contribution is -0.136. The third-order valence-corrected chi connectivity index (χ3v) is 8.74. The molecular formula is C28H25N3O6. The van der Waals surface area contributed by atoms with Crippen LogP contribution in [-0.2, 0) is 19.2 Å². The molecule has 9 heteroatoms. The number of hydrogen-bond donors (Lipinski definition) is 2. The first-order valence-corrected chi connectivity index (χ1v) is 12.3. The largest absolute Gasteiger partial charge is 0.508 e. The first kappa shape index (κ1) is 23.1. The Bertz CT molecular complexity index is 1400. The van der Waals surface area contributed by atoms with Gasteiger partial charge in [-0.05, 0) is 55.5 Å². The van der Waals surface area contributed by atoms with E-state index in [2.05, 4.69) is 0 Å². The van der Waals surface area contributed by atoms with Crippen LogP contribution < -0.4 is 10.6 Å². The summed E-state index contributed by atoms with van der Waals surface area (Å²) in [5, 5.41) is 9.92. The van der Waals surface area contributed by atoms with Crippen LogP contribution in [0.5, 0.6) is 5.75 Å². The minimum absolute atomic E-state index is 0.0592. The summed E-state index contributed by atoms with van der Waals surface area (Å²) in [5.41, 5.74) is 6.20. The molecule has 188 valence electrons. The number of likely N-dealkylation sites (tertiary alicyclic amines) is 1. The van der Waals surface area contributed by atoms with E-state index in [9.17, 15) is 29.1 Å². The number of hydrogen-bond acceptors (Lipinski definition) is 6. The second-order valence-electron chi connectivity index (χ2n) is 10.4. The normalized spacial score (nSPS) is 32.7. The molecule has 2 aliphatic heterocycles. The van der Waals surface area contributed by atoms with Gasteiger partial charge in [0.05, 0.1) is 28.9 Å². The van der Waals surface area contributed by atoms with Gasteiger partial charge >= 0.3 is 6.03 Å². The molecule has 2 aliphatic carbocycles. The Morgan fingerprint density at radius 3 is 2.27 bits per heavy atom. The minimum Gasteiger partial charge on any atom is -0.508 e. The van der Waals surface area contributed by atoms with E-state index in [1.54, 1.807) is 49.4 Å². The summed E-state index contributed by atoms with van der Waals surface area (Å²) < 4.78 is 0. The molecule has 3 N–H and O–H groups in total. The summed E-state index contributed by atoms with van der Waals surface area (Å²) in [5.74, 6) is -5.33. The van der Waals surface area contributed by atoms with Crippen LogP contribution in [0.15, 0.2) is 66.2 Å². The maximum atomic E-state index is 14.1. The van der Waals surface area contributed by atoms with E-state index >= 15 is 0 Å². The monoisotopic (exact) mass is 499 g/mol. The Morgan fingerprint density at radius 1 is 0.946 bits per heavy atom. The molecule has 1 saturated carbocycles. The maximum Gasteiger partial charge on any atom is 0.328 e. The zero-order valence-electron chi connectivity index (χ0n) is 20.0. The Hall–Kier alpha value is -4.27. The number of amides is 6. The van der Waals surface area contributed by atoms with Crippen molar-refractivity contribution < 1.29 is 29.1 Å². The maximum absolute atomic E-state index is 14.1. The lowest BCUT2D eigenvalue weighted by Crippen LogP contribution is -2.49. The van der Waals surface area contributed by atoms with E-state index in [-0.39, 0.29) is 30.4 Å². The Kier molecular flexibility index (Phi) is 4.92. The van der Waals surface area contributed by atoms with Gasteiger partial charge in [0, 0.05) is 5.92 Å². The van der Waals surface area contributed by atoms with Gasteiger partial charge in [0.25, 0.3) is 0 Å². The number of rotatable bonds is 2. The van der Waals surface area contributed by atoms with Crippen LogP contribution in [0.3, 0.4) is 0 Å². The van der Waals surface area contributed by atoms with Crippen molar-refractivity contribution in [3.63, 3.8) is 0 Å². The van der Waals surface area contributed by atoms with E-state index in [4.69, 9.17) is 5.73 Å². The van der Waals surface area contributed by atoms with Gasteiger partial charge in [-0.1, -0.05) is 42.0 Å². The highest BCUT2D eigenvalue weighted by molar-refractivity contribution is 6.24. The van der Waals surface area contributed by atoms with E-state index < -0.39 is 52.8 Å². The molecule has 6 amide bonds. The molecule has 0 spiro atoms. The van der Waals surface area contributed by atoms with Gasteiger partial charge in [-0.2, -0.15) is 4.90 Å². The van der Waals surface area contributed by atoms with Gasteiger partial charge in [-0.25, -0.2) is 9.69 Å². The predicted octanol–water partition coefficient (Wildman–Crippen LogP) is 2.70. The molecule has 0 aromatic heterocycles. The molecule has 2 heterocycles. The molecule has 2 aromatic carbocycles. The number of benzene rings is 2. The van der Waals surface area contributed by atoms with E-state index in [1.807, 2.05) is 6.08 Å². The molecule has 9 nitrogen and oxygen atoms in total. The average molecular weight is 500 g/mol. The number of imide groups is 4. The first-order chi connectivity index (χ1) is 17.7. The van der Waals surface area contributed by atoms with Crippen molar-refractivity contribution in [1.29, 1.82) is 0 Å². The SMILES string of the molecule is CC12C(=O)N(c3ccccc3)C(=O)C1CC1C(=CCC3C(=O)N(C(N)=O)C(=O)C31)C2c1ccc(O)cc1. The first-order valence-electron chi connectivity index (χ1n) is 12.3. The molecule has 6 unspecified atom stereocenters. The van der Waals surface area contributed by atoms with Crippen LogP contribution in [0.1, 0.15) is 31.2 Å². The number of fused-ring (bicyclic) bond motifs is 4. The smallest absolute Gasteiger partial charge is 0.328 e. The number of nitrogens with zero attached hydrogens (tertiary/aromatic N) is 2. The molecule has 2 aromatic rings. The highest BCUT2D eigenvalue weighted by Crippen LogP contribution is 2.63. The van der Waals surface area contributed by atoms with Crippen molar-refractivity contribution in [3.8, 4) is 5.75 Å². The fourth-order valence-electron chi connectivity index (χ4n) is 7.10. The summed E-state index contributed by atoms with van der Waals surface area (Å²) in [6, 6.07) is 14.1. The molecule has 0 bridgehead atoms. The summed E-state index contributed by atoms with van der Waals surface area (Å²) in [6.45, 7) is 1.79. The molecule has 3 fully saturated rings. The van der Waals surface area contributed by atoms with Crippen LogP contribution in [-0.4, -0.2) is 39.7 Å². The highest BCUT2D eigenvalue weighted by Gasteiger charge is 2.67. The number of primary amides is 1. The van der Waals surface area contributed by atoms with Crippen molar-refractivity contribution in [2.45, 2.75) is 25.7 Å². The Morgan fingerprint density at radius 2 is 1.62 bits per heavy atom.